The van der Waals surface area contributed by atoms with E-state index >= 15 is 0 Å². The number of benzene rings is 2. The smallest absolute Gasteiger partial charge is 0.236 e. The number of thiophene rings is 1. The van der Waals surface area contributed by atoms with Gasteiger partial charge in [0.05, 0.1) is 18.3 Å². The standard InChI is InChI=1S/C24H26FN3O3S2/c25-21-10-8-20(9-11-21)24(22-7-4-16-32-22)26-17-23(29)27-12-14-28(15-13-27)33(30,31)18-19-5-2-1-3-6-19/h1-11,16,24,26H,12-15,17-18H2. The van der Waals surface area contributed by atoms with E-state index in [1.54, 1.807) is 40.5 Å². The van der Waals surface area contributed by atoms with E-state index in [-0.39, 0.29) is 43.2 Å². The number of nitrogens with zero attached hydrogens (tertiary/aromatic N) is 2. The van der Waals surface area contributed by atoms with Gasteiger partial charge in [0, 0.05) is 31.1 Å². The molecule has 3 aromatic rings. The fourth-order valence-electron chi connectivity index (χ4n) is 3.89. The topological polar surface area (TPSA) is 69.7 Å². The van der Waals surface area contributed by atoms with Crippen LogP contribution in [0.3, 0.4) is 0 Å². The molecule has 1 atom stereocenters. The Morgan fingerprint density at radius 1 is 0.970 bits per heavy atom. The van der Waals surface area contributed by atoms with Gasteiger partial charge in [0.15, 0.2) is 0 Å². The molecule has 1 N–H and O–H groups in total. The molecule has 1 aromatic heterocycles. The third-order valence-electron chi connectivity index (χ3n) is 5.67. The number of carbonyl (C=O) groups is 1. The summed E-state index contributed by atoms with van der Waals surface area (Å²) in [5.41, 5.74) is 1.63. The van der Waals surface area contributed by atoms with E-state index < -0.39 is 10.0 Å². The van der Waals surface area contributed by atoms with Gasteiger partial charge >= 0.3 is 0 Å². The summed E-state index contributed by atoms with van der Waals surface area (Å²) in [7, 11) is -3.43. The molecule has 1 amide bonds. The third kappa shape index (κ3) is 6.05. The maximum absolute atomic E-state index is 13.4. The van der Waals surface area contributed by atoms with Crippen LogP contribution >= 0.6 is 11.3 Å². The molecule has 0 saturated carbocycles. The van der Waals surface area contributed by atoms with Gasteiger partial charge in [0.1, 0.15) is 5.82 Å². The zero-order chi connectivity index (χ0) is 23.3. The Hall–Kier alpha value is -2.59. The molecule has 2 aromatic carbocycles. The maximum atomic E-state index is 13.4. The predicted octanol–water partition coefficient (Wildman–Crippen LogP) is 3.24. The minimum atomic E-state index is -3.43. The number of rotatable bonds is 8. The van der Waals surface area contributed by atoms with Gasteiger partial charge in [0.2, 0.25) is 15.9 Å². The Morgan fingerprint density at radius 2 is 1.67 bits per heavy atom. The molecule has 1 saturated heterocycles. The van der Waals surface area contributed by atoms with E-state index in [1.165, 1.54) is 16.4 Å². The first kappa shape index (κ1) is 23.6. The fourth-order valence-corrected chi connectivity index (χ4v) is 6.23. The van der Waals surface area contributed by atoms with Crippen LogP contribution in [0, 0.1) is 5.82 Å². The van der Waals surface area contributed by atoms with Crippen molar-refractivity contribution in [2.75, 3.05) is 32.7 Å². The minimum absolute atomic E-state index is 0.0382. The Morgan fingerprint density at radius 3 is 2.30 bits per heavy atom. The normalized spacial score (nSPS) is 16.0. The lowest BCUT2D eigenvalue weighted by atomic mass is 10.1. The number of piperazine rings is 1. The van der Waals surface area contributed by atoms with Crippen molar-refractivity contribution in [3.8, 4) is 0 Å². The molecule has 2 heterocycles. The Labute approximate surface area is 197 Å². The molecule has 6 nitrogen and oxygen atoms in total. The van der Waals surface area contributed by atoms with E-state index in [2.05, 4.69) is 5.32 Å². The molecule has 0 aliphatic carbocycles. The molecule has 4 rings (SSSR count). The highest BCUT2D eigenvalue weighted by Crippen LogP contribution is 2.26. The summed E-state index contributed by atoms with van der Waals surface area (Å²) < 4.78 is 40.3. The van der Waals surface area contributed by atoms with Gasteiger partial charge in [-0.15, -0.1) is 11.3 Å². The second-order valence-corrected chi connectivity index (χ2v) is 10.9. The minimum Gasteiger partial charge on any atom is -0.339 e. The Balaban J connectivity index is 1.33. The first-order valence-corrected chi connectivity index (χ1v) is 13.2. The highest BCUT2D eigenvalue weighted by molar-refractivity contribution is 7.88. The fraction of sp³-hybridized carbons (Fsp3) is 0.292. The SMILES string of the molecule is O=C(CNC(c1ccc(F)cc1)c1cccs1)N1CCN(S(=O)(=O)Cc2ccccc2)CC1. The molecule has 1 aliphatic heterocycles. The molecule has 1 aliphatic rings. The molecule has 9 heteroatoms. The van der Waals surface area contributed by atoms with Crippen LogP contribution < -0.4 is 5.32 Å². The van der Waals surface area contributed by atoms with Gasteiger partial charge < -0.3 is 4.90 Å². The van der Waals surface area contributed by atoms with E-state index in [9.17, 15) is 17.6 Å². The lowest BCUT2D eigenvalue weighted by Crippen LogP contribution is -2.52. The van der Waals surface area contributed by atoms with E-state index in [0.29, 0.717) is 13.1 Å². The molecular weight excluding hydrogens is 461 g/mol. The van der Waals surface area contributed by atoms with Crippen molar-refractivity contribution in [1.82, 2.24) is 14.5 Å². The molecule has 0 bridgehead atoms. The number of amides is 1. The van der Waals surface area contributed by atoms with Crippen molar-refractivity contribution in [1.29, 1.82) is 0 Å². The maximum Gasteiger partial charge on any atom is 0.236 e. The summed E-state index contributed by atoms with van der Waals surface area (Å²) in [4.78, 5) is 15.6. The average molecular weight is 488 g/mol. The van der Waals surface area contributed by atoms with Gasteiger partial charge in [-0.1, -0.05) is 48.5 Å². The van der Waals surface area contributed by atoms with Crippen LogP contribution in [0.4, 0.5) is 4.39 Å². The number of hydrogen-bond donors (Lipinski definition) is 1. The van der Waals surface area contributed by atoms with Crippen LogP contribution in [0.2, 0.25) is 0 Å². The van der Waals surface area contributed by atoms with Gasteiger partial charge in [-0.3, -0.25) is 10.1 Å². The average Bonchev–Trinajstić information content (AvgIpc) is 3.35. The van der Waals surface area contributed by atoms with E-state index in [1.807, 2.05) is 35.7 Å². The molecule has 174 valence electrons. The number of hydrogen-bond acceptors (Lipinski definition) is 5. The summed E-state index contributed by atoms with van der Waals surface area (Å²) in [5.74, 6) is -0.428. The highest BCUT2D eigenvalue weighted by atomic mass is 32.2. The van der Waals surface area contributed by atoms with Gasteiger partial charge in [0.25, 0.3) is 0 Å². The first-order valence-electron chi connectivity index (χ1n) is 10.7. The summed E-state index contributed by atoms with van der Waals surface area (Å²) in [5, 5.41) is 5.26. The van der Waals surface area contributed by atoms with Crippen molar-refractivity contribution in [3.63, 3.8) is 0 Å². The first-order chi connectivity index (χ1) is 15.9. The molecule has 33 heavy (non-hydrogen) atoms. The van der Waals surface area contributed by atoms with Crippen LogP contribution in [0.25, 0.3) is 0 Å². The molecule has 1 fully saturated rings. The molecule has 1 unspecified atom stereocenters. The lowest BCUT2D eigenvalue weighted by molar-refractivity contribution is -0.131. The molecule has 0 spiro atoms. The number of sulfonamides is 1. The van der Waals surface area contributed by atoms with E-state index in [4.69, 9.17) is 0 Å². The van der Waals surface area contributed by atoms with Crippen LogP contribution in [0.1, 0.15) is 22.0 Å². The van der Waals surface area contributed by atoms with Crippen molar-refractivity contribution < 1.29 is 17.6 Å². The summed E-state index contributed by atoms with van der Waals surface area (Å²) in [6, 6.07) is 19.1. The Kier molecular flexibility index (Phi) is 7.54. The summed E-state index contributed by atoms with van der Waals surface area (Å²) >= 11 is 1.57. The lowest BCUT2D eigenvalue weighted by Gasteiger charge is -2.34. The number of carbonyl (C=O) groups excluding carboxylic acids is 1. The van der Waals surface area contributed by atoms with Gasteiger partial charge in [-0.05, 0) is 34.7 Å². The Bertz CT molecular complexity index is 1150. The molecule has 0 radical (unpaired) electrons. The quantitative estimate of drug-likeness (QED) is 0.530. The van der Waals surface area contributed by atoms with Crippen LogP contribution in [-0.2, 0) is 20.6 Å². The second kappa shape index (κ2) is 10.6. The zero-order valence-corrected chi connectivity index (χ0v) is 19.7. The largest absolute Gasteiger partial charge is 0.339 e. The number of halogens is 1. The van der Waals surface area contributed by atoms with Gasteiger partial charge in [-0.2, -0.15) is 4.31 Å². The predicted molar refractivity (Wildman–Crippen MR) is 128 cm³/mol. The van der Waals surface area contributed by atoms with E-state index in [0.717, 1.165) is 16.0 Å². The van der Waals surface area contributed by atoms with Crippen molar-refractivity contribution in [2.24, 2.45) is 0 Å². The molecular formula is C24H26FN3O3S2. The third-order valence-corrected chi connectivity index (χ3v) is 8.45. The van der Waals surface area contributed by atoms with Crippen LogP contribution in [0.15, 0.2) is 72.1 Å². The second-order valence-electron chi connectivity index (χ2n) is 7.90. The number of nitrogens with one attached hydrogen (secondary N) is 1. The van der Waals surface area contributed by atoms with Crippen molar-refractivity contribution in [2.45, 2.75) is 11.8 Å². The summed E-state index contributed by atoms with van der Waals surface area (Å²) in [6.45, 7) is 1.39. The summed E-state index contributed by atoms with van der Waals surface area (Å²) in [6.07, 6.45) is 0. The van der Waals surface area contributed by atoms with Crippen molar-refractivity contribution in [3.05, 3.63) is 93.9 Å². The van der Waals surface area contributed by atoms with Gasteiger partial charge in [-0.25, -0.2) is 12.8 Å². The van der Waals surface area contributed by atoms with Crippen LogP contribution in [0.5, 0.6) is 0 Å². The monoisotopic (exact) mass is 487 g/mol. The van der Waals surface area contributed by atoms with Crippen LogP contribution in [-0.4, -0.2) is 56.3 Å². The highest BCUT2D eigenvalue weighted by Gasteiger charge is 2.29. The zero-order valence-electron chi connectivity index (χ0n) is 18.1. The van der Waals surface area contributed by atoms with Crippen molar-refractivity contribution >= 4 is 27.3 Å².